The zero-order chi connectivity index (χ0) is 20.0. The molecular weight excluding hydrogens is 383 g/mol. The predicted octanol–water partition coefficient (Wildman–Crippen LogP) is 2.71. The highest BCUT2D eigenvalue weighted by Gasteiger charge is 2.16. The van der Waals surface area contributed by atoms with Crippen molar-refractivity contribution in [3.05, 3.63) is 59.9 Å². The van der Waals surface area contributed by atoms with Crippen molar-refractivity contribution in [1.82, 2.24) is 5.32 Å². The van der Waals surface area contributed by atoms with E-state index in [9.17, 15) is 17.6 Å². The van der Waals surface area contributed by atoms with Gasteiger partial charge in [-0.15, -0.1) is 0 Å². The predicted molar refractivity (Wildman–Crippen MR) is 104 cm³/mol. The lowest BCUT2D eigenvalue weighted by atomic mass is 10.0. The fraction of sp³-hybridized carbons (Fsp3) is 0.350. The third-order valence-electron chi connectivity index (χ3n) is 4.54. The Balaban J connectivity index is 1.52. The van der Waals surface area contributed by atoms with Crippen LogP contribution >= 0.6 is 0 Å². The number of ether oxygens (including phenoxy) is 1. The van der Waals surface area contributed by atoms with Crippen molar-refractivity contribution in [2.45, 2.75) is 24.2 Å². The summed E-state index contributed by atoms with van der Waals surface area (Å²) < 4.78 is 45.4. The summed E-state index contributed by atoms with van der Waals surface area (Å²) >= 11 is 0. The molecule has 28 heavy (non-hydrogen) atoms. The average molecular weight is 406 g/mol. The molecule has 1 atom stereocenters. The number of amides is 1. The molecule has 6 nitrogen and oxygen atoms in total. The van der Waals surface area contributed by atoms with E-state index in [0.29, 0.717) is 24.8 Å². The lowest BCUT2D eigenvalue weighted by Crippen LogP contribution is -2.34. The van der Waals surface area contributed by atoms with Gasteiger partial charge in [-0.1, -0.05) is 12.1 Å². The van der Waals surface area contributed by atoms with E-state index in [1.165, 1.54) is 12.1 Å². The van der Waals surface area contributed by atoms with E-state index >= 15 is 0 Å². The Morgan fingerprint density at radius 3 is 2.46 bits per heavy atom. The molecule has 2 N–H and O–H groups in total. The summed E-state index contributed by atoms with van der Waals surface area (Å²) in [6, 6.07) is 11.2. The van der Waals surface area contributed by atoms with Gasteiger partial charge >= 0.3 is 0 Å². The normalized spacial score (nSPS) is 17.1. The van der Waals surface area contributed by atoms with E-state index in [1.54, 1.807) is 24.3 Å². The van der Waals surface area contributed by atoms with Crippen LogP contribution in [0.5, 0.6) is 0 Å². The van der Waals surface area contributed by atoms with E-state index in [0.717, 1.165) is 37.1 Å². The van der Waals surface area contributed by atoms with Crippen LogP contribution in [0.15, 0.2) is 53.4 Å². The second-order valence-electron chi connectivity index (χ2n) is 6.82. The summed E-state index contributed by atoms with van der Waals surface area (Å²) in [5, 5.41) is 2.92. The first-order valence-electron chi connectivity index (χ1n) is 9.14. The highest BCUT2D eigenvalue weighted by Crippen LogP contribution is 2.17. The monoisotopic (exact) mass is 406 g/mol. The first-order valence-corrected chi connectivity index (χ1v) is 10.6. The van der Waals surface area contributed by atoms with Crippen LogP contribution < -0.4 is 10.0 Å². The molecule has 150 valence electrons. The lowest BCUT2D eigenvalue weighted by Gasteiger charge is -2.22. The van der Waals surface area contributed by atoms with Crippen molar-refractivity contribution < 1.29 is 22.3 Å². The summed E-state index contributed by atoms with van der Waals surface area (Å²) in [4.78, 5) is 12.1. The number of nitrogens with one attached hydrogen (secondary N) is 2. The van der Waals surface area contributed by atoms with Gasteiger partial charge in [-0.2, -0.15) is 0 Å². The number of hydrogen-bond donors (Lipinski definition) is 2. The summed E-state index contributed by atoms with van der Waals surface area (Å²) in [6.45, 7) is 2.08. The van der Waals surface area contributed by atoms with Gasteiger partial charge in [0.15, 0.2) is 0 Å². The molecule has 3 rings (SSSR count). The van der Waals surface area contributed by atoms with Crippen LogP contribution in [-0.2, 0) is 26.0 Å². The number of hydrogen-bond acceptors (Lipinski definition) is 4. The molecule has 1 heterocycles. The second kappa shape index (κ2) is 9.16. The number of carbonyl (C=O) groups is 1. The minimum absolute atomic E-state index is 0.0240. The molecule has 0 aromatic heterocycles. The van der Waals surface area contributed by atoms with Crippen LogP contribution in [0.1, 0.15) is 18.4 Å². The topological polar surface area (TPSA) is 84.5 Å². The SMILES string of the molecule is O=C(Cc1ccc(NS(=O)(=O)c2ccc(F)cc2)cc1)NC[C@@H]1CCCOC1. The molecule has 0 saturated carbocycles. The van der Waals surface area contributed by atoms with E-state index in [1.807, 2.05) is 0 Å². The smallest absolute Gasteiger partial charge is 0.261 e. The van der Waals surface area contributed by atoms with Crippen LogP contribution in [-0.4, -0.2) is 34.1 Å². The molecule has 1 aliphatic rings. The number of carbonyl (C=O) groups excluding carboxylic acids is 1. The molecule has 0 aliphatic carbocycles. The molecule has 0 unspecified atom stereocenters. The third-order valence-corrected chi connectivity index (χ3v) is 5.93. The van der Waals surface area contributed by atoms with Gasteiger partial charge in [0.05, 0.1) is 17.9 Å². The van der Waals surface area contributed by atoms with Gasteiger partial charge < -0.3 is 10.1 Å². The largest absolute Gasteiger partial charge is 0.381 e. The van der Waals surface area contributed by atoms with Gasteiger partial charge in [-0.05, 0) is 60.7 Å². The van der Waals surface area contributed by atoms with Crippen LogP contribution in [0.3, 0.4) is 0 Å². The molecule has 2 aromatic carbocycles. The Morgan fingerprint density at radius 2 is 1.82 bits per heavy atom. The quantitative estimate of drug-likeness (QED) is 0.741. The number of anilines is 1. The Bertz CT molecular complexity index is 893. The third kappa shape index (κ3) is 5.77. The molecule has 0 radical (unpaired) electrons. The fourth-order valence-corrected chi connectivity index (χ4v) is 4.05. The highest BCUT2D eigenvalue weighted by molar-refractivity contribution is 7.92. The molecule has 1 amide bonds. The first kappa shape index (κ1) is 20.3. The van der Waals surface area contributed by atoms with Crippen molar-refractivity contribution in [2.75, 3.05) is 24.5 Å². The van der Waals surface area contributed by atoms with Gasteiger partial charge in [0, 0.05) is 18.8 Å². The maximum Gasteiger partial charge on any atom is 0.261 e. The van der Waals surface area contributed by atoms with Crippen molar-refractivity contribution in [3.8, 4) is 0 Å². The summed E-state index contributed by atoms with van der Waals surface area (Å²) in [5.41, 5.74) is 1.15. The summed E-state index contributed by atoms with van der Waals surface area (Å²) in [6.07, 6.45) is 2.30. The van der Waals surface area contributed by atoms with Crippen LogP contribution in [0.25, 0.3) is 0 Å². The zero-order valence-electron chi connectivity index (χ0n) is 15.4. The van der Waals surface area contributed by atoms with E-state index in [-0.39, 0.29) is 17.2 Å². The number of benzene rings is 2. The number of halogens is 1. The van der Waals surface area contributed by atoms with Gasteiger partial charge in [-0.3, -0.25) is 9.52 Å². The molecule has 2 aromatic rings. The molecule has 1 fully saturated rings. The highest BCUT2D eigenvalue weighted by atomic mass is 32.2. The Kier molecular flexibility index (Phi) is 6.64. The van der Waals surface area contributed by atoms with Gasteiger partial charge in [0.2, 0.25) is 5.91 Å². The molecule has 1 aliphatic heterocycles. The van der Waals surface area contributed by atoms with Gasteiger partial charge in [0.1, 0.15) is 5.82 Å². The summed E-state index contributed by atoms with van der Waals surface area (Å²) in [5.74, 6) is -0.219. The maximum absolute atomic E-state index is 13.0. The molecular formula is C20H23FN2O4S. The Labute approximate surface area is 164 Å². The van der Waals surface area contributed by atoms with Gasteiger partial charge in [0.25, 0.3) is 10.0 Å². The van der Waals surface area contributed by atoms with Gasteiger partial charge in [-0.25, -0.2) is 12.8 Å². The van der Waals surface area contributed by atoms with Crippen molar-refractivity contribution in [3.63, 3.8) is 0 Å². The second-order valence-corrected chi connectivity index (χ2v) is 8.50. The fourth-order valence-electron chi connectivity index (χ4n) is 2.99. The van der Waals surface area contributed by atoms with Crippen LogP contribution in [0, 0.1) is 11.7 Å². The van der Waals surface area contributed by atoms with E-state index < -0.39 is 15.8 Å². The zero-order valence-corrected chi connectivity index (χ0v) is 16.2. The minimum Gasteiger partial charge on any atom is -0.381 e. The minimum atomic E-state index is -3.79. The molecule has 8 heteroatoms. The maximum atomic E-state index is 13.0. The Morgan fingerprint density at radius 1 is 1.11 bits per heavy atom. The van der Waals surface area contributed by atoms with E-state index in [2.05, 4.69) is 10.0 Å². The number of rotatable bonds is 7. The number of sulfonamides is 1. The summed E-state index contributed by atoms with van der Waals surface area (Å²) in [7, 11) is -3.79. The Hall–Kier alpha value is -2.45. The van der Waals surface area contributed by atoms with Crippen LogP contribution in [0.4, 0.5) is 10.1 Å². The van der Waals surface area contributed by atoms with Crippen LogP contribution in [0.2, 0.25) is 0 Å². The molecule has 0 spiro atoms. The van der Waals surface area contributed by atoms with Crippen molar-refractivity contribution in [2.24, 2.45) is 5.92 Å². The first-order chi connectivity index (χ1) is 13.4. The molecule has 0 bridgehead atoms. The van der Waals surface area contributed by atoms with Crippen molar-refractivity contribution >= 4 is 21.6 Å². The van der Waals surface area contributed by atoms with E-state index in [4.69, 9.17) is 4.74 Å². The lowest BCUT2D eigenvalue weighted by molar-refractivity contribution is -0.120. The van der Waals surface area contributed by atoms with Crippen molar-refractivity contribution in [1.29, 1.82) is 0 Å². The average Bonchev–Trinajstić information content (AvgIpc) is 2.69. The standard InChI is InChI=1S/C20H23FN2O4S/c21-17-5-9-19(10-6-17)28(25,26)23-18-7-3-15(4-8-18)12-20(24)22-13-16-2-1-11-27-14-16/h3-10,16,23H,1-2,11-14H2,(H,22,24)/t16-/m0/s1. The molecule has 1 saturated heterocycles.